The summed E-state index contributed by atoms with van der Waals surface area (Å²) < 4.78 is 13.2. The molecule has 1 aromatic rings. The number of hydrogen-bond donors (Lipinski definition) is 1. The molecule has 0 heterocycles. The Morgan fingerprint density at radius 1 is 1.32 bits per heavy atom. The van der Waals surface area contributed by atoms with Gasteiger partial charge in [-0.1, -0.05) is 26.0 Å². The lowest BCUT2D eigenvalue weighted by Crippen LogP contribution is -2.48. The highest BCUT2D eigenvalue weighted by atomic mass is 19.1. The third kappa shape index (κ3) is 4.31. The second-order valence-electron chi connectivity index (χ2n) is 5.46. The fourth-order valence-corrected chi connectivity index (χ4v) is 1.82. The van der Waals surface area contributed by atoms with Crippen molar-refractivity contribution in [2.75, 3.05) is 0 Å². The van der Waals surface area contributed by atoms with Gasteiger partial charge >= 0.3 is 0 Å². The van der Waals surface area contributed by atoms with Crippen LogP contribution in [0.25, 0.3) is 0 Å². The first kappa shape index (κ1) is 15.6. The minimum Gasteiger partial charge on any atom is -0.335 e. The predicted molar refractivity (Wildman–Crippen MR) is 74.9 cm³/mol. The van der Waals surface area contributed by atoms with Gasteiger partial charge in [0.05, 0.1) is 6.04 Å². The summed E-state index contributed by atoms with van der Waals surface area (Å²) in [5, 5.41) is 0. The van der Waals surface area contributed by atoms with Crippen LogP contribution in [0, 0.1) is 11.7 Å². The van der Waals surface area contributed by atoms with Crippen molar-refractivity contribution >= 4 is 5.91 Å². The standard InChI is InChI=1S/C15H23FN2O/c1-10(2)14(17)15(19)18(11(3)4)9-12-6-5-7-13(16)8-12/h5-8,10-11,14H,9,17H2,1-4H3/t14-/m0/s1. The first-order chi connectivity index (χ1) is 8.82. The van der Waals surface area contributed by atoms with Gasteiger partial charge in [0.2, 0.25) is 5.91 Å². The number of nitrogens with two attached hydrogens (primary N) is 1. The molecule has 1 aromatic carbocycles. The maximum absolute atomic E-state index is 13.2. The van der Waals surface area contributed by atoms with E-state index in [9.17, 15) is 9.18 Å². The fourth-order valence-electron chi connectivity index (χ4n) is 1.82. The van der Waals surface area contributed by atoms with E-state index in [4.69, 9.17) is 5.73 Å². The highest BCUT2D eigenvalue weighted by molar-refractivity contribution is 5.82. The van der Waals surface area contributed by atoms with E-state index in [1.54, 1.807) is 11.0 Å². The Morgan fingerprint density at radius 2 is 1.95 bits per heavy atom. The first-order valence-corrected chi connectivity index (χ1v) is 6.63. The lowest BCUT2D eigenvalue weighted by atomic mass is 10.0. The molecule has 0 spiro atoms. The number of rotatable bonds is 5. The molecule has 0 aliphatic rings. The molecule has 2 N–H and O–H groups in total. The Bertz CT molecular complexity index is 432. The molecule has 0 fully saturated rings. The summed E-state index contributed by atoms with van der Waals surface area (Å²) in [5.41, 5.74) is 6.69. The van der Waals surface area contributed by atoms with E-state index in [1.807, 2.05) is 33.8 Å². The summed E-state index contributed by atoms with van der Waals surface area (Å²) >= 11 is 0. The van der Waals surface area contributed by atoms with Gasteiger partial charge in [-0.25, -0.2) is 4.39 Å². The second kappa shape index (κ2) is 6.66. The molecule has 1 amide bonds. The zero-order valence-corrected chi connectivity index (χ0v) is 12.1. The maximum Gasteiger partial charge on any atom is 0.240 e. The molecule has 106 valence electrons. The Labute approximate surface area is 114 Å². The Balaban J connectivity index is 2.87. The van der Waals surface area contributed by atoms with Gasteiger partial charge in [0.1, 0.15) is 5.82 Å². The summed E-state index contributed by atoms with van der Waals surface area (Å²) in [6.07, 6.45) is 0. The van der Waals surface area contributed by atoms with Gasteiger partial charge in [0.25, 0.3) is 0 Å². The molecule has 1 atom stereocenters. The molecule has 0 radical (unpaired) electrons. The van der Waals surface area contributed by atoms with Crippen LogP contribution in [0.2, 0.25) is 0 Å². The third-order valence-electron chi connectivity index (χ3n) is 3.15. The minimum absolute atomic E-state index is 0.0283. The van der Waals surface area contributed by atoms with Crippen molar-refractivity contribution in [2.24, 2.45) is 11.7 Å². The number of benzene rings is 1. The van der Waals surface area contributed by atoms with E-state index < -0.39 is 6.04 Å². The molecule has 0 aliphatic heterocycles. The van der Waals surface area contributed by atoms with Crippen molar-refractivity contribution in [1.82, 2.24) is 4.90 Å². The highest BCUT2D eigenvalue weighted by Gasteiger charge is 2.25. The molecule has 0 unspecified atom stereocenters. The largest absolute Gasteiger partial charge is 0.335 e. The van der Waals surface area contributed by atoms with Crippen LogP contribution in [-0.2, 0) is 11.3 Å². The summed E-state index contributed by atoms with van der Waals surface area (Å²) in [6, 6.07) is 5.81. The number of carbonyl (C=O) groups excluding carboxylic acids is 1. The molecule has 0 saturated heterocycles. The van der Waals surface area contributed by atoms with Crippen LogP contribution in [0.5, 0.6) is 0 Å². The van der Waals surface area contributed by atoms with E-state index >= 15 is 0 Å². The minimum atomic E-state index is -0.518. The van der Waals surface area contributed by atoms with Crippen molar-refractivity contribution < 1.29 is 9.18 Å². The van der Waals surface area contributed by atoms with Gasteiger partial charge in [-0.05, 0) is 37.5 Å². The summed E-state index contributed by atoms with van der Waals surface area (Å²) in [7, 11) is 0. The van der Waals surface area contributed by atoms with Crippen LogP contribution in [-0.4, -0.2) is 22.9 Å². The number of hydrogen-bond acceptors (Lipinski definition) is 2. The molecular weight excluding hydrogens is 243 g/mol. The van der Waals surface area contributed by atoms with Gasteiger partial charge in [-0.3, -0.25) is 4.79 Å². The van der Waals surface area contributed by atoms with Crippen molar-refractivity contribution in [3.8, 4) is 0 Å². The number of carbonyl (C=O) groups is 1. The van der Waals surface area contributed by atoms with Crippen molar-refractivity contribution in [1.29, 1.82) is 0 Å². The Hall–Kier alpha value is -1.42. The maximum atomic E-state index is 13.2. The Morgan fingerprint density at radius 3 is 2.42 bits per heavy atom. The molecule has 0 bridgehead atoms. The molecule has 19 heavy (non-hydrogen) atoms. The third-order valence-corrected chi connectivity index (χ3v) is 3.15. The van der Waals surface area contributed by atoms with Crippen LogP contribution in [0.4, 0.5) is 4.39 Å². The van der Waals surface area contributed by atoms with Gasteiger partial charge in [-0.2, -0.15) is 0 Å². The molecule has 0 aliphatic carbocycles. The lowest BCUT2D eigenvalue weighted by molar-refractivity contribution is -0.136. The van der Waals surface area contributed by atoms with E-state index in [1.165, 1.54) is 12.1 Å². The molecule has 3 nitrogen and oxygen atoms in total. The van der Waals surface area contributed by atoms with Gasteiger partial charge in [0.15, 0.2) is 0 Å². The van der Waals surface area contributed by atoms with Crippen molar-refractivity contribution in [2.45, 2.75) is 46.3 Å². The normalized spacial score (nSPS) is 12.8. The monoisotopic (exact) mass is 266 g/mol. The molecule has 0 saturated carbocycles. The summed E-state index contributed by atoms with van der Waals surface area (Å²) in [5.74, 6) is -0.294. The Kier molecular flexibility index (Phi) is 5.48. The van der Waals surface area contributed by atoms with E-state index in [0.717, 1.165) is 5.56 Å². The van der Waals surface area contributed by atoms with E-state index in [-0.39, 0.29) is 23.7 Å². The number of amides is 1. The summed E-state index contributed by atoms with van der Waals surface area (Å²) in [6.45, 7) is 8.09. The first-order valence-electron chi connectivity index (χ1n) is 6.63. The number of nitrogens with zero attached hydrogens (tertiary/aromatic N) is 1. The fraction of sp³-hybridized carbons (Fsp3) is 0.533. The van der Waals surface area contributed by atoms with Crippen LogP contribution < -0.4 is 5.73 Å². The van der Waals surface area contributed by atoms with Crippen molar-refractivity contribution in [3.05, 3.63) is 35.6 Å². The predicted octanol–water partition coefficient (Wildman–Crippen LogP) is 2.55. The summed E-state index contributed by atoms with van der Waals surface area (Å²) in [4.78, 5) is 14.0. The highest BCUT2D eigenvalue weighted by Crippen LogP contribution is 2.13. The van der Waals surface area contributed by atoms with Crippen LogP contribution in [0.1, 0.15) is 33.3 Å². The van der Waals surface area contributed by atoms with Gasteiger partial charge < -0.3 is 10.6 Å². The average Bonchev–Trinajstić information content (AvgIpc) is 2.33. The van der Waals surface area contributed by atoms with Crippen LogP contribution in [0.3, 0.4) is 0 Å². The number of halogens is 1. The molecule has 0 aromatic heterocycles. The quantitative estimate of drug-likeness (QED) is 0.890. The van der Waals surface area contributed by atoms with Gasteiger partial charge in [-0.15, -0.1) is 0 Å². The van der Waals surface area contributed by atoms with Crippen LogP contribution >= 0.6 is 0 Å². The van der Waals surface area contributed by atoms with E-state index in [0.29, 0.717) is 6.54 Å². The zero-order valence-electron chi connectivity index (χ0n) is 12.1. The SMILES string of the molecule is CC(C)[C@H](N)C(=O)N(Cc1cccc(F)c1)C(C)C. The topological polar surface area (TPSA) is 46.3 Å². The van der Waals surface area contributed by atoms with Crippen LogP contribution in [0.15, 0.2) is 24.3 Å². The molecule has 1 rings (SSSR count). The molecular formula is C15H23FN2O. The second-order valence-corrected chi connectivity index (χ2v) is 5.46. The lowest BCUT2D eigenvalue weighted by Gasteiger charge is -2.30. The molecule has 4 heteroatoms. The zero-order chi connectivity index (χ0) is 14.6. The average molecular weight is 266 g/mol. The smallest absolute Gasteiger partial charge is 0.240 e. The van der Waals surface area contributed by atoms with E-state index in [2.05, 4.69) is 0 Å². The van der Waals surface area contributed by atoms with Gasteiger partial charge in [0, 0.05) is 12.6 Å². The van der Waals surface area contributed by atoms with Crippen molar-refractivity contribution in [3.63, 3.8) is 0 Å².